The SMILES string of the molecule is CCOC(=O)[C@@H]1C(=O)C[C@](C)(O)[C@H](C(=O)OCC)[C@H]1c1ccc(CC)cc1. The van der Waals surface area contributed by atoms with E-state index in [-0.39, 0.29) is 19.6 Å². The molecule has 0 amide bonds. The van der Waals surface area contributed by atoms with Gasteiger partial charge in [-0.25, -0.2) is 0 Å². The fourth-order valence-corrected chi connectivity index (χ4v) is 3.86. The van der Waals surface area contributed by atoms with Gasteiger partial charge in [0.2, 0.25) is 0 Å². The Labute approximate surface area is 159 Å². The summed E-state index contributed by atoms with van der Waals surface area (Å²) in [6.07, 6.45) is 0.535. The van der Waals surface area contributed by atoms with Gasteiger partial charge in [-0.3, -0.25) is 14.4 Å². The van der Waals surface area contributed by atoms with Crippen molar-refractivity contribution < 1.29 is 29.0 Å². The van der Waals surface area contributed by atoms with Crippen LogP contribution in [-0.2, 0) is 30.3 Å². The number of hydrogen-bond donors (Lipinski definition) is 1. The van der Waals surface area contributed by atoms with Gasteiger partial charge >= 0.3 is 11.9 Å². The minimum atomic E-state index is -1.61. The minimum Gasteiger partial charge on any atom is -0.466 e. The maximum Gasteiger partial charge on any atom is 0.317 e. The minimum absolute atomic E-state index is 0.130. The van der Waals surface area contributed by atoms with Gasteiger partial charge in [0.05, 0.1) is 24.7 Å². The summed E-state index contributed by atoms with van der Waals surface area (Å²) < 4.78 is 10.3. The van der Waals surface area contributed by atoms with Gasteiger partial charge in [0.25, 0.3) is 0 Å². The lowest BCUT2D eigenvalue weighted by Crippen LogP contribution is -2.55. The Bertz CT molecular complexity index is 691. The number of aryl methyl sites for hydroxylation is 1. The molecule has 1 aliphatic carbocycles. The van der Waals surface area contributed by atoms with Gasteiger partial charge in [-0.15, -0.1) is 0 Å². The van der Waals surface area contributed by atoms with E-state index >= 15 is 0 Å². The molecule has 0 spiro atoms. The molecule has 1 aromatic carbocycles. The third-order valence-corrected chi connectivity index (χ3v) is 5.12. The Balaban J connectivity index is 2.59. The first kappa shape index (κ1) is 21.1. The van der Waals surface area contributed by atoms with Crippen molar-refractivity contribution in [3.05, 3.63) is 35.4 Å². The highest BCUT2D eigenvalue weighted by molar-refractivity contribution is 6.02. The molecule has 0 radical (unpaired) electrons. The van der Waals surface area contributed by atoms with Crippen molar-refractivity contribution >= 4 is 17.7 Å². The first-order chi connectivity index (χ1) is 12.8. The van der Waals surface area contributed by atoms with E-state index in [9.17, 15) is 19.5 Å². The molecule has 0 aromatic heterocycles. The summed E-state index contributed by atoms with van der Waals surface area (Å²) in [4.78, 5) is 38.0. The smallest absolute Gasteiger partial charge is 0.317 e. The average molecular weight is 376 g/mol. The van der Waals surface area contributed by atoms with Gasteiger partial charge in [-0.1, -0.05) is 31.2 Å². The molecule has 1 saturated carbocycles. The molecule has 148 valence electrons. The number of ether oxygens (including phenoxy) is 2. The highest BCUT2D eigenvalue weighted by atomic mass is 16.5. The van der Waals surface area contributed by atoms with Crippen LogP contribution in [0.1, 0.15) is 51.2 Å². The molecule has 2 rings (SSSR count). The molecule has 1 N–H and O–H groups in total. The second-order valence-electron chi connectivity index (χ2n) is 7.08. The first-order valence-corrected chi connectivity index (χ1v) is 9.43. The standard InChI is InChI=1S/C21H28O6/c1-5-13-8-10-14(11-9-13)16-17(19(23)26-6-2)15(22)12-21(4,25)18(16)20(24)27-7-3/h8-11,16-18,25H,5-7,12H2,1-4H3/t16-,17+,18-,21-/m0/s1. The number of carbonyl (C=O) groups is 3. The van der Waals surface area contributed by atoms with Crippen molar-refractivity contribution in [2.75, 3.05) is 13.2 Å². The molecule has 0 aliphatic heterocycles. The number of rotatable bonds is 6. The quantitative estimate of drug-likeness (QED) is 0.606. The number of esters is 2. The van der Waals surface area contributed by atoms with E-state index in [1.165, 1.54) is 6.92 Å². The zero-order chi connectivity index (χ0) is 20.2. The zero-order valence-electron chi connectivity index (χ0n) is 16.4. The highest BCUT2D eigenvalue weighted by Gasteiger charge is 2.57. The summed E-state index contributed by atoms with van der Waals surface area (Å²) in [5, 5.41) is 10.9. The van der Waals surface area contributed by atoms with Crippen LogP contribution < -0.4 is 0 Å². The summed E-state index contributed by atoms with van der Waals surface area (Å²) in [7, 11) is 0. The second kappa shape index (κ2) is 8.65. The highest BCUT2D eigenvalue weighted by Crippen LogP contribution is 2.46. The van der Waals surface area contributed by atoms with Crippen molar-refractivity contribution in [2.45, 2.75) is 52.1 Å². The van der Waals surface area contributed by atoms with Gasteiger partial charge < -0.3 is 14.6 Å². The van der Waals surface area contributed by atoms with Gasteiger partial charge in [-0.05, 0) is 38.3 Å². The molecular weight excluding hydrogens is 348 g/mol. The zero-order valence-corrected chi connectivity index (χ0v) is 16.4. The van der Waals surface area contributed by atoms with Gasteiger partial charge in [0.1, 0.15) is 5.92 Å². The van der Waals surface area contributed by atoms with Crippen molar-refractivity contribution in [3.63, 3.8) is 0 Å². The maximum absolute atomic E-state index is 12.7. The predicted molar refractivity (Wildman–Crippen MR) is 99.1 cm³/mol. The molecule has 0 unspecified atom stereocenters. The summed E-state index contributed by atoms with van der Waals surface area (Å²) in [5.74, 6) is -4.75. The number of ketones is 1. The van der Waals surface area contributed by atoms with E-state index in [1.807, 2.05) is 19.1 Å². The van der Waals surface area contributed by atoms with Crippen molar-refractivity contribution in [1.82, 2.24) is 0 Å². The molecule has 0 bridgehead atoms. The first-order valence-electron chi connectivity index (χ1n) is 9.43. The summed E-state index contributed by atoms with van der Waals surface area (Å²) in [6.45, 7) is 7.08. The number of carbonyl (C=O) groups excluding carboxylic acids is 3. The normalized spacial score (nSPS) is 27.9. The van der Waals surface area contributed by atoms with E-state index in [4.69, 9.17) is 9.47 Å². The molecule has 0 heterocycles. The number of Topliss-reactive ketones (excluding diaryl/α,β-unsaturated/α-hetero) is 1. The Kier molecular flexibility index (Phi) is 6.76. The third kappa shape index (κ3) is 4.38. The molecule has 1 fully saturated rings. The van der Waals surface area contributed by atoms with Crippen LogP contribution in [0.15, 0.2) is 24.3 Å². The van der Waals surface area contributed by atoms with Gasteiger partial charge in [-0.2, -0.15) is 0 Å². The van der Waals surface area contributed by atoms with E-state index in [1.54, 1.807) is 26.0 Å². The van der Waals surface area contributed by atoms with Crippen LogP contribution in [0.5, 0.6) is 0 Å². The van der Waals surface area contributed by atoms with E-state index in [0.717, 1.165) is 12.0 Å². The molecule has 0 saturated heterocycles. The number of benzene rings is 1. The number of aliphatic hydroxyl groups is 1. The van der Waals surface area contributed by atoms with Crippen LogP contribution >= 0.6 is 0 Å². The molecule has 6 nitrogen and oxygen atoms in total. The van der Waals surface area contributed by atoms with Crippen molar-refractivity contribution in [2.24, 2.45) is 11.8 Å². The number of hydrogen-bond acceptors (Lipinski definition) is 6. The van der Waals surface area contributed by atoms with Crippen molar-refractivity contribution in [3.8, 4) is 0 Å². The molecular formula is C21H28O6. The lowest BCUT2D eigenvalue weighted by atomic mass is 9.61. The van der Waals surface area contributed by atoms with Crippen LogP contribution in [0.3, 0.4) is 0 Å². The molecule has 1 aromatic rings. The molecule has 27 heavy (non-hydrogen) atoms. The maximum atomic E-state index is 12.7. The average Bonchev–Trinajstić information content (AvgIpc) is 2.60. The topological polar surface area (TPSA) is 89.9 Å². The Morgan fingerprint density at radius 3 is 2.15 bits per heavy atom. The monoisotopic (exact) mass is 376 g/mol. The van der Waals surface area contributed by atoms with Crippen LogP contribution in [0.4, 0.5) is 0 Å². The Morgan fingerprint density at radius 2 is 1.63 bits per heavy atom. The van der Waals surface area contributed by atoms with Gasteiger partial charge in [0, 0.05) is 12.3 Å². The van der Waals surface area contributed by atoms with Gasteiger partial charge in [0.15, 0.2) is 5.78 Å². The fraction of sp³-hybridized carbons (Fsp3) is 0.571. The summed E-state index contributed by atoms with van der Waals surface area (Å²) >= 11 is 0. The Hall–Kier alpha value is -2.21. The van der Waals surface area contributed by atoms with E-state index < -0.39 is 41.1 Å². The molecule has 4 atom stereocenters. The molecule has 1 aliphatic rings. The van der Waals surface area contributed by atoms with Crippen LogP contribution in [0, 0.1) is 11.8 Å². The lowest BCUT2D eigenvalue weighted by molar-refractivity contribution is -0.172. The third-order valence-electron chi connectivity index (χ3n) is 5.12. The van der Waals surface area contributed by atoms with Crippen LogP contribution in [0.25, 0.3) is 0 Å². The largest absolute Gasteiger partial charge is 0.466 e. The van der Waals surface area contributed by atoms with Crippen LogP contribution in [-0.4, -0.2) is 41.6 Å². The predicted octanol–water partition coefficient (Wildman–Crippen LogP) is 2.42. The Morgan fingerprint density at radius 1 is 1.07 bits per heavy atom. The summed E-state index contributed by atoms with van der Waals surface area (Å²) in [5.41, 5.74) is 0.116. The summed E-state index contributed by atoms with van der Waals surface area (Å²) in [6, 6.07) is 7.40. The second-order valence-corrected chi connectivity index (χ2v) is 7.08. The van der Waals surface area contributed by atoms with Crippen LogP contribution in [0.2, 0.25) is 0 Å². The fourth-order valence-electron chi connectivity index (χ4n) is 3.86. The van der Waals surface area contributed by atoms with E-state index in [0.29, 0.717) is 5.56 Å². The van der Waals surface area contributed by atoms with Crippen molar-refractivity contribution in [1.29, 1.82) is 0 Å². The lowest BCUT2D eigenvalue weighted by Gasteiger charge is -2.43. The molecule has 6 heteroatoms. The van der Waals surface area contributed by atoms with E-state index in [2.05, 4.69) is 0 Å².